The molecule has 0 amide bonds. The number of carbonyl (C=O) groups is 1. The van der Waals surface area contributed by atoms with Gasteiger partial charge in [-0.25, -0.2) is 4.79 Å². The van der Waals surface area contributed by atoms with Crippen molar-refractivity contribution in [2.75, 3.05) is 12.5 Å². The molecule has 29 heavy (non-hydrogen) atoms. The molecule has 0 unspecified atom stereocenters. The number of ether oxygens (including phenoxy) is 1. The Morgan fingerprint density at radius 3 is 2.86 bits per heavy atom. The highest BCUT2D eigenvalue weighted by Crippen LogP contribution is 2.29. The second-order valence-electron chi connectivity index (χ2n) is 6.35. The summed E-state index contributed by atoms with van der Waals surface area (Å²) < 4.78 is 12.8. The van der Waals surface area contributed by atoms with Crippen LogP contribution < -0.4 is 10.2 Å². The highest BCUT2D eigenvalue weighted by Gasteiger charge is 2.14. The molecule has 2 N–H and O–H groups in total. The second-order valence-corrected chi connectivity index (χ2v) is 6.35. The predicted molar refractivity (Wildman–Crippen MR) is 110 cm³/mol. The number of hydrogen-bond donors (Lipinski definition) is 2. The third-order valence-electron chi connectivity index (χ3n) is 4.35. The van der Waals surface area contributed by atoms with Crippen LogP contribution in [0.3, 0.4) is 0 Å². The van der Waals surface area contributed by atoms with Crippen LogP contribution in [0.5, 0.6) is 5.75 Å². The van der Waals surface area contributed by atoms with Crippen molar-refractivity contribution in [3.8, 4) is 17.2 Å². The lowest BCUT2D eigenvalue weighted by Crippen LogP contribution is -2.00. The number of nitrogens with one attached hydrogen (secondary N) is 1. The van der Waals surface area contributed by atoms with E-state index in [0.717, 1.165) is 16.5 Å². The van der Waals surface area contributed by atoms with Gasteiger partial charge in [0.25, 0.3) is 0 Å². The van der Waals surface area contributed by atoms with E-state index in [1.54, 1.807) is 17.0 Å². The molecule has 2 aromatic carbocycles. The van der Waals surface area contributed by atoms with Crippen LogP contribution in [0.2, 0.25) is 0 Å². The average Bonchev–Trinajstić information content (AvgIpc) is 3.31. The van der Waals surface area contributed by atoms with E-state index in [1.165, 1.54) is 19.2 Å². The SMILES string of the molecule is COc1cc(C(=O)O)ccc1N/N=C/c1cn(C)nc1-c1cc2ccccc2o1. The minimum absolute atomic E-state index is 0.135. The molecule has 0 aliphatic heterocycles. The summed E-state index contributed by atoms with van der Waals surface area (Å²) in [6.07, 6.45) is 3.46. The largest absolute Gasteiger partial charge is 0.494 e. The van der Waals surface area contributed by atoms with E-state index in [4.69, 9.17) is 14.3 Å². The van der Waals surface area contributed by atoms with Gasteiger partial charge < -0.3 is 14.3 Å². The smallest absolute Gasteiger partial charge is 0.335 e. The van der Waals surface area contributed by atoms with Crippen molar-refractivity contribution < 1.29 is 19.1 Å². The molecule has 146 valence electrons. The van der Waals surface area contributed by atoms with Crippen molar-refractivity contribution in [3.05, 3.63) is 65.9 Å². The number of aromatic nitrogens is 2. The molecular formula is C21H18N4O4. The summed E-state index contributed by atoms with van der Waals surface area (Å²) in [7, 11) is 3.29. The number of fused-ring (bicyclic) bond motifs is 1. The first-order chi connectivity index (χ1) is 14.0. The number of aryl methyl sites for hydroxylation is 1. The zero-order valence-electron chi connectivity index (χ0n) is 15.8. The van der Waals surface area contributed by atoms with Gasteiger partial charge in [0.1, 0.15) is 17.0 Å². The molecule has 0 aliphatic rings. The van der Waals surface area contributed by atoms with Crippen LogP contribution in [0.4, 0.5) is 5.69 Å². The zero-order valence-corrected chi connectivity index (χ0v) is 15.8. The summed E-state index contributed by atoms with van der Waals surface area (Å²) in [5, 5.41) is 18.8. The lowest BCUT2D eigenvalue weighted by molar-refractivity contribution is 0.0696. The first kappa shape index (κ1) is 18.3. The van der Waals surface area contributed by atoms with Crippen LogP contribution in [0, 0.1) is 0 Å². The summed E-state index contributed by atoms with van der Waals surface area (Å²) in [6, 6.07) is 14.2. The number of benzene rings is 2. The summed E-state index contributed by atoms with van der Waals surface area (Å²) in [5.41, 5.74) is 5.78. The Morgan fingerprint density at radius 2 is 2.10 bits per heavy atom. The maximum absolute atomic E-state index is 11.1. The summed E-state index contributed by atoms with van der Waals surface area (Å²) in [5.74, 6) is 0.00609. The molecule has 0 spiro atoms. The molecule has 0 saturated heterocycles. The molecule has 0 aliphatic carbocycles. The fraction of sp³-hybridized carbons (Fsp3) is 0.0952. The van der Waals surface area contributed by atoms with Gasteiger partial charge in [-0.3, -0.25) is 10.1 Å². The van der Waals surface area contributed by atoms with Crippen LogP contribution in [-0.4, -0.2) is 34.2 Å². The number of carboxylic acid groups (broad SMARTS) is 1. The van der Waals surface area contributed by atoms with Crippen LogP contribution in [0.25, 0.3) is 22.4 Å². The number of methoxy groups -OCH3 is 1. The van der Waals surface area contributed by atoms with Gasteiger partial charge in [0.2, 0.25) is 0 Å². The maximum atomic E-state index is 11.1. The number of hydrazone groups is 1. The van der Waals surface area contributed by atoms with Crippen molar-refractivity contribution in [1.29, 1.82) is 0 Å². The van der Waals surface area contributed by atoms with Crippen LogP contribution in [0.1, 0.15) is 15.9 Å². The first-order valence-corrected chi connectivity index (χ1v) is 8.78. The van der Waals surface area contributed by atoms with Crippen molar-refractivity contribution in [2.45, 2.75) is 0 Å². The van der Waals surface area contributed by atoms with Gasteiger partial charge in [-0.05, 0) is 30.3 Å². The lowest BCUT2D eigenvalue weighted by atomic mass is 10.2. The van der Waals surface area contributed by atoms with Crippen molar-refractivity contribution in [3.63, 3.8) is 0 Å². The molecule has 4 rings (SSSR count). The highest BCUT2D eigenvalue weighted by molar-refractivity contribution is 5.91. The van der Waals surface area contributed by atoms with E-state index in [1.807, 2.05) is 43.6 Å². The number of anilines is 1. The molecule has 8 heteroatoms. The number of aromatic carboxylic acids is 1. The van der Waals surface area contributed by atoms with E-state index < -0.39 is 5.97 Å². The summed E-state index contributed by atoms with van der Waals surface area (Å²) in [6.45, 7) is 0. The Labute approximate surface area is 166 Å². The Hall–Kier alpha value is -4.07. The Kier molecular flexibility index (Phi) is 4.74. The Morgan fingerprint density at radius 1 is 1.28 bits per heavy atom. The average molecular weight is 390 g/mol. The van der Waals surface area contributed by atoms with Gasteiger partial charge in [-0.1, -0.05) is 18.2 Å². The third-order valence-corrected chi connectivity index (χ3v) is 4.35. The van der Waals surface area contributed by atoms with Gasteiger partial charge in [0.05, 0.1) is 24.6 Å². The molecular weight excluding hydrogens is 372 g/mol. The molecule has 0 fully saturated rings. The second kappa shape index (κ2) is 7.51. The van der Waals surface area contributed by atoms with Gasteiger partial charge in [-0.15, -0.1) is 0 Å². The standard InChI is InChI=1S/C21H18N4O4/c1-25-12-15(20(24-25)19-9-13-5-3-4-6-17(13)29-19)11-22-23-16-8-7-14(21(26)27)10-18(16)28-2/h3-12,23H,1-2H3,(H,26,27)/b22-11+. The molecule has 0 bridgehead atoms. The third kappa shape index (κ3) is 3.68. The Bertz CT molecular complexity index is 1190. The maximum Gasteiger partial charge on any atom is 0.335 e. The van der Waals surface area contributed by atoms with Crippen molar-refractivity contribution >= 4 is 28.8 Å². The summed E-state index contributed by atoms with van der Waals surface area (Å²) in [4.78, 5) is 11.1. The number of hydrogen-bond acceptors (Lipinski definition) is 6. The highest BCUT2D eigenvalue weighted by atomic mass is 16.5. The van der Waals surface area contributed by atoms with Gasteiger partial charge in [-0.2, -0.15) is 10.2 Å². The van der Waals surface area contributed by atoms with E-state index in [0.29, 0.717) is 22.9 Å². The van der Waals surface area contributed by atoms with E-state index in [2.05, 4.69) is 15.6 Å². The number of para-hydroxylation sites is 1. The zero-order chi connectivity index (χ0) is 20.4. The predicted octanol–water partition coefficient (Wildman–Crippen LogP) is 3.99. The molecule has 2 aromatic heterocycles. The first-order valence-electron chi connectivity index (χ1n) is 8.78. The molecule has 0 atom stereocenters. The Balaban J connectivity index is 1.61. The topological polar surface area (TPSA) is 102 Å². The number of rotatable bonds is 6. The number of nitrogens with zero attached hydrogens (tertiary/aromatic N) is 3. The van der Waals surface area contributed by atoms with Gasteiger partial charge >= 0.3 is 5.97 Å². The normalized spacial score (nSPS) is 11.2. The van der Waals surface area contributed by atoms with E-state index in [-0.39, 0.29) is 5.56 Å². The minimum Gasteiger partial charge on any atom is -0.494 e. The minimum atomic E-state index is -1.02. The monoisotopic (exact) mass is 390 g/mol. The van der Waals surface area contributed by atoms with E-state index in [9.17, 15) is 4.79 Å². The van der Waals surface area contributed by atoms with Crippen LogP contribution in [-0.2, 0) is 7.05 Å². The molecule has 0 radical (unpaired) electrons. The van der Waals surface area contributed by atoms with Gasteiger partial charge in [0, 0.05) is 24.2 Å². The quantitative estimate of drug-likeness (QED) is 0.381. The fourth-order valence-electron chi connectivity index (χ4n) is 2.98. The van der Waals surface area contributed by atoms with Crippen LogP contribution in [0.15, 0.2) is 64.2 Å². The lowest BCUT2D eigenvalue weighted by Gasteiger charge is -2.08. The molecule has 2 heterocycles. The summed E-state index contributed by atoms with van der Waals surface area (Å²) >= 11 is 0. The van der Waals surface area contributed by atoms with Crippen molar-refractivity contribution in [1.82, 2.24) is 9.78 Å². The van der Waals surface area contributed by atoms with Crippen LogP contribution >= 0.6 is 0 Å². The number of furan rings is 1. The van der Waals surface area contributed by atoms with Gasteiger partial charge in [0.15, 0.2) is 5.76 Å². The number of carboxylic acids is 1. The molecule has 4 aromatic rings. The van der Waals surface area contributed by atoms with E-state index >= 15 is 0 Å². The molecule has 8 nitrogen and oxygen atoms in total. The molecule has 0 saturated carbocycles. The fourth-order valence-corrected chi connectivity index (χ4v) is 2.98. The van der Waals surface area contributed by atoms with Crippen molar-refractivity contribution in [2.24, 2.45) is 12.1 Å².